The highest BCUT2D eigenvalue weighted by molar-refractivity contribution is 5.47. The van der Waals surface area contributed by atoms with Gasteiger partial charge in [0.15, 0.2) is 0 Å². The minimum Gasteiger partial charge on any atom is -0.496 e. The number of methoxy groups -OCH3 is 2. The van der Waals surface area contributed by atoms with Crippen molar-refractivity contribution >= 4 is 0 Å². The Balaban J connectivity index is 3.34. The van der Waals surface area contributed by atoms with Crippen LogP contribution in [0.25, 0.3) is 0 Å². The standard InChI is InChI=1S/C11H14F2O3/c1-6(14)7-4-10(16-3)8(11(12)13)5-9(7)15-2/h4-6,11,14H,1-3H3. The lowest BCUT2D eigenvalue weighted by Crippen LogP contribution is -2.01. The quantitative estimate of drug-likeness (QED) is 0.867. The number of aliphatic hydroxyl groups is 1. The van der Waals surface area contributed by atoms with E-state index in [4.69, 9.17) is 9.47 Å². The molecule has 0 radical (unpaired) electrons. The van der Waals surface area contributed by atoms with Crippen molar-refractivity contribution in [3.63, 3.8) is 0 Å². The Labute approximate surface area is 92.6 Å². The van der Waals surface area contributed by atoms with Crippen LogP contribution in [0.15, 0.2) is 12.1 Å². The highest BCUT2D eigenvalue weighted by Crippen LogP contribution is 2.37. The Morgan fingerprint density at radius 2 is 1.50 bits per heavy atom. The normalized spacial score (nSPS) is 12.7. The Bertz CT molecular complexity index is 329. The predicted octanol–water partition coefficient (Wildman–Crippen LogP) is 2.69. The van der Waals surface area contributed by atoms with E-state index in [1.165, 1.54) is 33.3 Å². The second-order valence-electron chi connectivity index (χ2n) is 3.31. The molecule has 1 atom stereocenters. The number of halogens is 2. The molecule has 90 valence electrons. The van der Waals surface area contributed by atoms with Crippen molar-refractivity contribution in [3.8, 4) is 11.5 Å². The average molecular weight is 232 g/mol. The molecule has 3 nitrogen and oxygen atoms in total. The van der Waals surface area contributed by atoms with E-state index in [9.17, 15) is 13.9 Å². The number of alkyl halides is 2. The largest absolute Gasteiger partial charge is 0.496 e. The van der Waals surface area contributed by atoms with Gasteiger partial charge in [-0.2, -0.15) is 0 Å². The fourth-order valence-corrected chi connectivity index (χ4v) is 1.44. The zero-order chi connectivity index (χ0) is 12.3. The maximum atomic E-state index is 12.7. The minimum atomic E-state index is -2.65. The second kappa shape index (κ2) is 5.12. The van der Waals surface area contributed by atoms with E-state index in [2.05, 4.69) is 0 Å². The van der Waals surface area contributed by atoms with Gasteiger partial charge < -0.3 is 14.6 Å². The van der Waals surface area contributed by atoms with Crippen molar-refractivity contribution in [3.05, 3.63) is 23.3 Å². The Hall–Kier alpha value is -1.36. The van der Waals surface area contributed by atoms with E-state index in [0.717, 1.165) is 0 Å². The molecule has 0 spiro atoms. The third-order valence-corrected chi connectivity index (χ3v) is 2.27. The van der Waals surface area contributed by atoms with E-state index in [0.29, 0.717) is 5.56 Å². The lowest BCUT2D eigenvalue weighted by molar-refractivity contribution is 0.145. The summed E-state index contributed by atoms with van der Waals surface area (Å²) in [6.45, 7) is 1.53. The lowest BCUT2D eigenvalue weighted by atomic mass is 10.1. The third kappa shape index (κ3) is 2.41. The first-order valence-electron chi connectivity index (χ1n) is 4.73. The molecule has 0 fully saturated rings. The highest BCUT2D eigenvalue weighted by atomic mass is 19.3. The van der Waals surface area contributed by atoms with E-state index in [-0.39, 0.29) is 17.1 Å². The van der Waals surface area contributed by atoms with Gasteiger partial charge in [0.2, 0.25) is 0 Å². The van der Waals surface area contributed by atoms with Crippen LogP contribution in [-0.2, 0) is 0 Å². The smallest absolute Gasteiger partial charge is 0.267 e. The monoisotopic (exact) mass is 232 g/mol. The third-order valence-electron chi connectivity index (χ3n) is 2.27. The van der Waals surface area contributed by atoms with Crippen molar-refractivity contribution in [1.82, 2.24) is 0 Å². The zero-order valence-electron chi connectivity index (χ0n) is 9.33. The molecule has 0 aliphatic rings. The van der Waals surface area contributed by atoms with Gasteiger partial charge in [0.05, 0.1) is 25.9 Å². The van der Waals surface area contributed by atoms with E-state index in [1.807, 2.05) is 0 Å². The van der Waals surface area contributed by atoms with Gasteiger partial charge in [-0.1, -0.05) is 0 Å². The van der Waals surface area contributed by atoms with Gasteiger partial charge in [0, 0.05) is 5.56 Å². The maximum absolute atomic E-state index is 12.7. The summed E-state index contributed by atoms with van der Waals surface area (Å²) in [4.78, 5) is 0. The van der Waals surface area contributed by atoms with Crippen LogP contribution in [0.1, 0.15) is 30.6 Å². The van der Waals surface area contributed by atoms with Crippen molar-refractivity contribution in [1.29, 1.82) is 0 Å². The van der Waals surface area contributed by atoms with Gasteiger partial charge in [-0.15, -0.1) is 0 Å². The van der Waals surface area contributed by atoms with Gasteiger partial charge in [-0.05, 0) is 19.1 Å². The topological polar surface area (TPSA) is 38.7 Å². The van der Waals surface area contributed by atoms with Crippen LogP contribution in [0.2, 0.25) is 0 Å². The van der Waals surface area contributed by atoms with Crippen molar-refractivity contribution in [2.24, 2.45) is 0 Å². The number of hydrogen-bond acceptors (Lipinski definition) is 3. The van der Waals surface area contributed by atoms with Crippen LogP contribution >= 0.6 is 0 Å². The average Bonchev–Trinajstić information content (AvgIpc) is 2.26. The first-order valence-corrected chi connectivity index (χ1v) is 4.73. The molecule has 0 aromatic heterocycles. The summed E-state index contributed by atoms with van der Waals surface area (Å²) in [6.07, 6.45) is -3.46. The number of aliphatic hydroxyl groups excluding tert-OH is 1. The number of ether oxygens (including phenoxy) is 2. The molecular formula is C11H14F2O3. The van der Waals surface area contributed by atoms with Gasteiger partial charge in [0.25, 0.3) is 6.43 Å². The fourth-order valence-electron chi connectivity index (χ4n) is 1.44. The number of rotatable bonds is 4. The van der Waals surface area contributed by atoms with Gasteiger partial charge in [-0.25, -0.2) is 8.78 Å². The molecule has 0 aliphatic carbocycles. The molecule has 0 heterocycles. The Kier molecular flexibility index (Phi) is 4.06. The van der Waals surface area contributed by atoms with Crippen molar-refractivity contribution < 1.29 is 23.4 Å². The summed E-state index contributed by atoms with van der Waals surface area (Å²) in [5.41, 5.74) is 0.174. The fraction of sp³-hybridized carbons (Fsp3) is 0.455. The summed E-state index contributed by atoms with van der Waals surface area (Å²) in [7, 11) is 2.67. The van der Waals surface area contributed by atoms with Crippen LogP contribution < -0.4 is 9.47 Å². The highest BCUT2D eigenvalue weighted by Gasteiger charge is 2.19. The summed E-state index contributed by atoms with van der Waals surface area (Å²) in [5.74, 6) is 0.276. The predicted molar refractivity (Wildman–Crippen MR) is 55.1 cm³/mol. The first kappa shape index (κ1) is 12.7. The van der Waals surface area contributed by atoms with Crippen LogP contribution in [0.5, 0.6) is 11.5 Å². The van der Waals surface area contributed by atoms with Gasteiger partial charge >= 0.3 is 0 Å². The molecule has 0 bridgehead atoms. The SMILES string of the molecule is COc1cc(C(F)F)c(OC)cc1C(C)O. The first-order chi connectivity index (χ1) is 7.51. The van der Waals surface area contributed by atoms with E-state index < -0.39 is 12.5 Å². The van der Waals surface area contributed by atoms with Crippen LogP contribution in [-0.4, -0.2) is 19.3 Å². The molecule has 1 rings (SSSR count). The molecule has 1 N–H and O–H groups in total. The van der Waals surface area contributed by atoms with Gasteiger partial charge in [-0.3, -0.25) is 0 Å². The Morgan fingerprint density at radius 1 is 1.06 bits per heavy atom. The minimum absolute atomic E-state index is 0.0479. The molecule has 1 unspecified atom stereocenters. The molecule has 1 aromatic carbocycles. The lowest BCUT2D eigenvalue weighted by Gasteiger charge is -2.15. The van der Waals surface area contributed by atoms with Crippen molar-refractivity contribution in [2.75, 3.05) is 14.2 Å². The van der Waals surface area contributed by atoms with Crippen LogP contribution in [0.3, 0.4) is 0 Å². The molecule has 0 saturated heterocycles. The maximum Gasteiger partial charge on any atom is 0.267 e. The van der Waals surface area contributed by atoms with Crippen molar-refractivity contribution in [2.45, 2.75) is 19.5 Å². The van der Waals surface area contributed by atoms with Gasteiger partial charge in [0.1, 0.15) is 11.5 Å². The summed E-state index contributed by atoms with van der Waals surface area (Å²) >= 11 is 0. The molecule has 0 amide bonds. The molecule has 5 heteroatoms. The molecule has 0 saturated carbocycles. The summed E-state index contributed by atoms with van der Waals surface area (Å²) in [5, 5.41) is 9.46. The van der Waals surface area contributed by atoms with Crippen LogP contribution in [0.4, 0.5) is 8.78 Å². The molecule has 16 heavy (non-hydrogen) atoms. The molecular weight excluding hydrogens is 218 g/mol. The van der Waals surface area contributed by atoms with E-state index >= 15 is 0 Å². The van der Waals surface area contributed by atoms with Crippen LogP contribution in [0, 0.1) is 0 Å². The second-order valence-corrected chi connectivity index (χ2v) is 3.31. The summed E-state index contributed by atoms with van der Waals surface area (Å²) in [6, 6.07) is 2.55. The zero-order valence-corrected chi connectivity index (χ0v) is 9.33. The number of benzene rings is 1. The molecule has 1 aromatic rings. The molecule has 0 aliphatic heterocycles. The number of hydrogen-bond donors (Lipinski definition) is 1. The Morgan fingerprint density at radius 3 is 1.88 bits per heavy atom. The summed E-state index contributed by atoms with van der Waals surface area (Å²) < 4.78 is 35.1. The van der Waals surface area contributed by atoms with E-state index in [1.54, 1.807) is 0 Å².